The number of hydrogen-bond donors (Lipinski definition) is 2. The third-order valence-electron chi connectivity index (χ3n) is 2.86. The Morgan fingerprint density at radius 3 is 2.25 bits per heavy atom. The molecule has 0 heterocycles. The largest absolute Gasteiger partial charge is 0.455 e. The summed E-state index contributed by atoms with van der Waals surface area (Å²) in [5, 5.41) is 0. The van der Waals surface area contributed by atoms with Gasteiger partial charge in [0.1, 0.15) is 5.75 Å². The molecule has 0 saturated carbocycles. The Balaban J connectivity index is 2.49. The van der Waals surface area contributed by atoms with Crippen LogP contribution in [0.15, 0.2) is 53.4 Å². The van der Waals surface area contributed by atoms with E-state index < -0.39 is 20.0 Å². The zero-order valence-electron chi connectivity index (χ0n) is 13.2. The van der Waals surface area contributed by atoms with Gasteiger partial charge in [0.25, 0.3) is 0 Å². The van der Waals surface area contributed by atoms with Gasteiger partial charge in [0.15, 0.2) is 5.75 Å². The van der Waals surface area contributed by atoms with Crippen LogP contribution in [0.3, 0.4) is 0 Å². The molecule has 2 rings (SSSR count). The van der Waals surface area contributed by atoms with E-state index in [-0.39, 0.29) is 22.9 Å². The highest BCUT2D eigenvalue weighted by molar-refractivity contribution is 7.92. The molecule has 0 fully saturated rings. The van der Waals surface area contributed by atoms with Crippen molar-refractivity contribution in [2.75, 3.05) is 17.5 Å². The van der Waals surface area contributed by atoms with E-state index in [9.17, 15) is 16.8 Å². The van der Waals surface area contributed by atoms with Crippen molar-refractivity contribution in [3.05, 3.63) is 48.5 Å². The van der Waals surface area contributed by atoms with Crippen molar-refractivity contribution in [3.63, 3.8) is 0 Å². The number of hydrogen-bond acceptors (Lipinski definition) is 5. The zero-order valence-corrected chi connectivity index (χ0v) is 14.8. The molecular formula is C15H18N2O5S2. The summed E-state index contributed by atoms with van der Waals surface area (Å²) < 4.78 is 57.6. The maximum Gasteiger partial charge on any atom is 0.240 e. The molecule has 0 atom stereocenters. The first-order valence-electron chi connectivity index (χ1n) is 7.05. The van der Waals surface area contributed by atoms with Crippen LogP contribution in [0, 0.1) is 0 Å². The maximum atomic E-state index is 12.1. The molecule has 2 N–H and O–H groups in total. The van der Waals surface area contributed by atoms with Crippen molar-refractivity contribution >= 4 is 25.7 Å². The van der Waals surface area contributed by atoms with E-state index in [4.69, 9.17) is 4.74 Å². The van der Waals surface area contributed by atoms with E-state index in [1.54, 1.807) is 37.3 Å². The van der Waals surface area contributed by atoms with Gasteiger partial charge in [-0.15, -0.1) is 0 Å². The molecule has 0 spiro atoms. The van der Waals surface area contributed by atoms with Gasteiger partial charge in [-0.2, -0.15) is 0 Å². The molecule has 130 valence electrons. The normalized spacial score (nSPS) is 11.9. The van der Waals surface area contributed by atoms with Crippen LogP contribution in [0.2, 0.25) is 0 Å². The SMILES string of the molecule is CCNS(=O)(=O)c1ccc(NS(C)(=O)=O)c(Oc2ccccc2)c1. The Labute approximate surface area is 141 Å². The van der Waals surface area contributed by atoms with Gasteiger partial charge in [0, 0.05) is 12.6 Å². The molecular weight excluding hydrogens is 352 g/mol. The molecule has 0 unspecified atom stereocenters. The molecule has 2 aromatic rings. The van der Waals surface area contributed by atoms with Crippen LogP contribution in [0.5, 0.6) is 11.5 Å². The Hall–Kier alpha value is -2.10. The van der Waals surface area contributed by atoms with Crippen molar-refractivity contribution in [1.29, 1.82) is 0 Å². The average molecular weight is 370 g/mol. The molecule has 0 bridgehead atoms. The Kier molecular flexibility index (Phi) is 5.47. The van der Waals surface area contributed by atoms with Crippen LogP contribution in [0.25, 0.3) is 0 Å². The van der Waals surface area contributed by atoms with Crippen LogP contribution in [0.1, 0.15) is 6.92 Å². The van der Waals surface area contributed by atoms with Gasteiger partial charge in [-0.1, -0.05) is 25.1 Å². The van der Waals surface area contributed by atoms with E-state index >= 15 is 0 Å². The molecule has 9 heteroatoms. The Bertz CT molecular complexity index is 910. The van der Waals surface area contributed by atoms with Crippen LogP contribution in [-0.4, -0.2) is 29.6 Å². The minimum Gasteiger partial charge on any atom is -0.455 e. The number of rotatable bonds is 7. The summed E-state index contributed by atoms with van der Waals surface area (Å²) in [6.45, 7) is 1.90. The quantitative estimate of drug-likeness (QED) is 0.778. The average Bonchev–Trinajstić information content (AvgIpc) is 2.48. The zero-order chi connectivity index (χ0) is 17.8. The first kappa shape index (κ1) is 18.2. The Morgan fingerprint density at radius 1 is 1.00 bits per heavy atom. The molecule has 0 amide bonds. The highest BCUT2D eigenvalue weighted by Gasteiger charge is 2.17. The van der Waals surface area contributed by atoms with Gasteiger partial charge in [0.2, 0.25) is 20.0 Å². The van der Waals surface area contributed by atoms with E-state index in [0.717, 1.165) is 6.26 Å². The predicted octanol–water partition coefficient (Wildman–Crippen LogP) is 2.15. The van der Waals surface area contributed by atoms with Gasteiger partial charge in [0.05, 0.1) is 16.8 Å². The van der Waals surface area contributed by atoms with E-state index in [1.807, 2.05) is 0 Å². The standard InChI is InChI=1S/C15H18N2O5S2/c1-3-16-24(20,21)13-9-10-14(17-23(2,18)19)15(11-13)22-12-7-5-4-6-8-12/h4-11,16-17H,3H2,1-2H3. The van der Waals surface area contributed by atoms with Crippen LogP contribution in [0.4, 0.5) is 5.69 Å². The minimum absolute atomic E-state index is 0.0191. The predicted molar refractivity (Wildman–Crippen MR) is 92.3 cm³/mol. The van der Waals surface area contributed by atoms with Crippen LogP contribution >= 0.6 is 0 Å². The smallest absolute Gasteiger partial charge is 0.240 e. The van der Waals surface area contributed by atoms with Crippen LogP contribution < -0.4 is 14.2 Å². The van der Waals surface area contributed by atoms with Crippen molar-refractivity contribution in [2.45, 2.75) is 11.8 Å². The van der Waals surface area contributed by atoms with E-state index in [2.05, 4.69) is 9.44 Å². The first-order chi connectivity index (χ1) is 11.2. The number of nitrogens with one attached hydrogen (secondary N) is 2. The lowest BCUT2D eigenvalue weighted by molar-refractivity contribution is 0.482. The maximum absolute atomic E-state index is 12.1. The number of benzene rings is 2. The van der Waals surface area contributed by atoms with Gasteiger partial charge in [-0.25, -0.2) is 21.6 Å². The lowest BCUT2D eigenvalue weighted by Gasteiger charge is -2.14. The topological polar surface area (TPSA) is 102 Å². The fourth-order valence-electron chi connectivity index (χ4n) is 1.93. The summed E-state index contributed by atoms with van der Waals surface area (Å²) in [6.07, 6.45) is 1.00. The molecule has 2 aromatic carbocycles. The molecule has 0 saturated heterocycles. The fourth-order valence-corrected chi connectivity index (χ4v) is 3.55. The molecule has 0 radical (unpaired) electrons. The van der Waals surface area contributed by atoms with Gasteiger partial charge in [-0.05, 0) is 24.3 Å². The number of para-hydroxylation sites is 1. The van der Waals surface area contributed by atoms with Crippen LogP contribution in [-0.2, 0) is 20.0 Å². The van der Waals surface area contributed by atoms with Gasteiger partial charge in [-0.3, -0.25) is 4.72 Å². The fraction of sp³-hybridized carbons (Fsp3) is 0.200. The van der Waals surface area contributed by atoms with Crippen molar-refractivity contribution in [1.82, 2.24) is 4.72 Å². The van der Waals surface area contributed by atoms with Gasteiger partial charge < -0.3 is 4.74 Å². The highest BCUT2D eigenvalue weighted by atomic mass is 32.2. The number of anilines is 1. The van der Waals surface area contributed by atoms with E-state index in [0.29, 0.717) is 5.75 Å². The lowest BCUT2D eigenvalue weighted by Crippen LogP contribution is -2.23. The molecule has 0 aliphatic heterocycles. The number of sulfonamides is 2. The molecule has 0 aromatic heterocycles. The summed E-state index contributed by atoms with van der Waals surface area (Å²) in [7, 11) is -7.24. The van der Waals surface area contributed by atoms with E-state index in [1.165, 1.54) is 18.2 Å². The van der Waals surface area contributed by atoms with Crippen molar-refractivity contribution in [3.8, 4) is 11.5 Å². The third kappa shape index (κ3) is 4.95. The summed E-state index contributed by atoms with van der Waals surface area (Å²) in [6, 6.07) is 12.6. The summed E-state index contributed by atoms with van der Waals surface area (Å²) in [5.74, 6) is 0.539. The monoisotopic (exact) mass is 370 g/mol. The van der Waals surface area contributed by atoms with Crippen molar-refractivity contribution < 1.29 is 21.6 Å². The van der Waals surface area contributed by atoms with Crippen molar-refractivity contribution in [2.24, 2.45) is 0 Å². The summed E-state index contributed by atoms with van der Waals surface area (Å²) >= 11 is 0. The second-order valence-corrected chi connectivity index (χ2v) is 8.46. The second kappa shape index (κ2) is 7.20. The second-order valence-electron chi connectivity index (χ2n) is 4.95. The summed E-state index contributed by atoms with van der Waals surface area (Å²) in [4.78, 5) is -0.0191. The molecule has 7 nitrogen and oxygen atoms in total. The molecule has 0 aliphatic rings. The first-order valence-corrected chi connectivity index (χ1v) is 10.4. The molecule has 24 heavy (non-hydrogen) atoms. The summed E-state index contributed by atoms with van der Waals surface area (Å²) in [5.41, 5.74) is 0.150. The lowest BCUT2D eigenvalue weighted by atomic mass is 10.3. The molecule has 0 aliphatic carbocycles. The highest BCUT2D eigenvalue weighted by Crippen LogP contribution is 2.32. The minimum atomic E-state index is -3.69. The third-order valence-corrected chi connectivity index (χ3v) is 5.00. The van der Waals surface area contributed by atoms with Gasteiger partial charge >= 0.3 is 0 Å². The number of ether oxygens (including phenoxy) is 1. The Morgan fingerprint density at radius 2 is 1.67 bits per heavy atom.